The zero-order chi connectivity index (χ0) is 21.9. The van der Waals surface area contributed by atoms with Gasteiger partial charge in [0.1, 0.15) is 0 Å². The van der Waals surface area contributed by atoms with Crippen molar-refractivity contribution < 1.29 is 9.59 Å². The Hall–Kier alpha value is -2.28. The van der Waals surface area contributed by atoms with Gasteiger partial charge in [0.2, 0.25) is 0 Å². The van der Waals surface area contributed by atoms with E-state index < -0.39 is 0 Å². The molecule has 0 saturated carbocycles. The van der Waals surface area contributed by atoms with Gasteiger partial charge in [-0.25, -0.2) is 0 Å². The summed E-state index contributed by atoms with van der Waals surface area (Å²) in [6.07, 6.45) is 5.40. The average molecular weight is 425 g/mol. The molecule has 2 amide bonds. The molecule has 0 spiro atoms. The minimum Gasteiger partial charge on any atom is -0.317 e. The maximum atomic E-state index is 12.9. The van der Waals surface area contributed by atoms with Crippen LogP contribution in [0, 0.1) is 0 Å². The number of carbonyl (C=O) groups is 2. The summed E-state index contributed by atoms with van der Waals surface area (Å²) >= 11 is 0. The summed E-state index contributed by atoms with van der Waals surface area (Å²) in [4.78, 5) is 27.1. The van der Waals surface area contributed by atoms with E-state index in [-0.39, 0.29) is 11.8 Å². The molecule has 3 rings (SSSR count). The van der Waals surface area contributed by atoms with E-state index in [0.29, 0.717) is 17.7 Å². The van der Waals surface area contributed by atoms with E-state index in [4.69, 9.17) is 0 Å². The Morgan fingerprint density at radius 2 is 1.19 bits per heavy atom. The van der Waals surface area contributed by atoms with E-state index in [9.17, 15) is 9.59 Å². The number of nitrogens with one attached hydrogen (secondary N) is 3. The molecule has 0 radical (unpaired) electrons. The number of hydrogen-bond acceptors (Lipinski definition) is 5. The normalized spacial score (nSPS) is 13.4. The Labute approximate surface area is 185 Å². The van der Waals surface area contributed by atoms with E-state index in [1.807, 2.05) is 36.4 Å². The highest BCUT2D eigenvalue weighted by Gasteiger charge is 2.31. The number of rotatable bonds is 15. The largest absolute Gasteiger partial charge is 0.317 e. The van der Waals surface area contributed by atoms with Gasteiger partial charge in [0.05, 0.1) is 0 Å². The Balaban J connectivity index is 1.29. The molecule has 0 saturated heterocycles. The van der Waals surface area contributed by atoms with E-state index in [1.54, 1.807) is 0 Å². The summed E-state index contributed by atoms with van der Waals surface area (Å²) in [5, 5.41) is 12.1. The minimum absolute atomic E-state index is 0.176. The molecule has 6 nitrogen and oxygen atoms in total. The van der Waals surface area contributed by atoms with Crippen molar-refractivity contribution in [2.24, 2.45) is 0 Å². The monoisotopic (exact) mass is 424 g/mol. The summed E-state index contributed by atoms with van der Waals surface area (Å²) in [5.74, 6) is -0.351. The van der Waals surface area contributed by atoms with Crippen LogP contribution in [0.1, 0.15) is 59.7 Å². The number of unbranched alkanes of at least 4 members (excludes halogenated alkanes) is 1. The van der Waals surface area contributed by atoms with E-state index in [2.05, 4.69) is 22.9 Å². The topological polar surface area (TPSA) is 73.5 Å². The summed E-state index contributed by atoms with van der Waals surface area (Å²) in [6, 6.07) is 11.3. The molecular weight excluding hydrogens is 388 g/mol. The van der Waals surface area contributed by atoms with Gasteiger partial charge in [0.25, 0.3) is 11.8 Å². The first-order chi connectivity index (χ1) is 15.2. The van der Waals surface area contributed by atoms with Crippen molar-refractivity contribution in [3.05, 3.63) is 47.5 Å². The van der Waals surface area contributed by atoms with Crippen LogP contribution in [0.3, 0.4) is 0 Å². The van der Waals surface area contributed by atoms with Gasteiger partial charge in [-0.3, -0.25) is 14.5 Å². The third kappa shape index (κ3) is 6.35. The second-order valence-corrected chi connectivity index (χ2v) is 8.14. The standard InChI is InChI=1S/C25H36N4O2/c1-2-13-26-16-7-17-27-14-3-4-15-28-18-8-19-29-24(30)21-11-5-9-20-10-6-12-22(23(20)21)25(29)31/h5-6,9-12,26-28H,2-4,7-8,13-19H2,1H3. The van der Waals surface area contributed by atoms with Gasteiger partial charge in [-0.1, -0.05) is 31.2 Å². The molecule has 1 aliphatic heterocycles. The molecule has 0 bridgehead atoms. The van der Waals surface area contributed by atoms with Crippen molar-refractivity contribution in [1.29, 1.82) is 0 Å². The first-order valence-corrected chi connectivity index (χ1v) is 11.7. The predicted molar refractivity (Wildman–Crippen MR) is 127 cm³/mol. The lowest BCUT2D eigenvalue weighted by atomic mass is 9.94. The maximum Gasteiger partial charge on any atom is 0.261 e. The number of imide groups is 1. The number of nitrogens with zero attached hydrogens (tertiary/aromatic N) is 1. The Morgan fingerprint density at radius 3 is 1.77 bits per heavy atom. The van der Waals surface area contributed by atoms with Gasteiger partial charge in [-0.2, -0.15) is 0 Å². The summed E-state index contributed by atoms with van der Waals surface area (Å²) in [6.45, 7) is 8.72. The first kappa shape index (κ1) is 23.4. The molecule has 0 unspecified atom stereocenters. The summed E-state index contributed by atoms with van der Waals surface area (Å²) < 4.78 is 0. The highest BCUT2D eigenvalue weighted by molar-refractivity contribution is 6.25. The van der Waals surface area contributed by atoms with Crippen LogP contribution in [0.15, 0.2) is 36.4 Å². The zero-order valence-corrected chi connectivity index (χ0v) is 18.7. The fourth-order valence-electron chi connectivity index (χ4n) is 4.04. The second-order valence-electron chi connectivity index (χ2n) is 8.14. The van der Waals surface area contributed by atoms with Crippen LogP contribution >= 0.6 is 0 Å². The molecule has 0 atom stereocenters. The first-order valence-electron chi connectivity index (χ1n) is 11.7. The highest BCUT2D eigenvalue weighted by atomic mass is 16.2. The third-order valence-electron chi connectivity index (χ3n) is 5.68. The zero-order valence-electron chi connectivity index (χ0n) is 18.7. The number of benzene rings is 2. The van der Waals surface area contributed by atoms with E-state index >= 15 is 0 Å². The van der Waals surface area contributed by atoms with Crippen molar-refractivity contribution in [3.63, 3.8) is 0 Å². The molecule has 31 heavy (non-hydrogen) atoms. The van der Waals surface area contributed by atoms with Crippen molar-refractivity contribution >= 4 is 22.6 Å². The fourth-order valence-corrected chi connectivity index (χ4v) is 4.04. The van der Waals surface area contributed by atoms with Crippen LogP contribution in [-0.2, 0) is 0 Å². The smallest absolute Gasteiger partial charge is 0.261 e. The molecule has 0 fully saturated rings. The van der Waals surface area contributed by atoms with Crippen LogP contribution in [0.4, 0.5) is 0 Å². The lowest BCUT2D eigenvalue weighted by Gasteiger charge is -2.27. The van der Waals surface area contributed by atoms with Gasteiger partial charge < -0.3 is 16.0 Å². The SMILES string of the molecule is CCCNCCCNCCCCNCCCN1C(=O)c2cccc3cccc(c23)C1=O. The molecule has 0 aliphatic carbocycles. The molecule has 3 N–H and O–H groups in total. The lowest BCUT2D eigenvalue weighted by molar-refractivity contribution is 0.0609. The van der Waals surface area contributed by atoms with Crippen LogP contribution in [-0.4, -0.2) is 62.5 Å². The van der Waals surface area contributed by atoms with Crippen LogP contribution < -0.4 is 16.0 Å². The van der Waals surface area contributed by atoms with Crippen molar-refractivity contribution in [2.45, 2.75) is 39.0 Å². The number of hydrogen-bond donors (Lipinski definition) is 3. The molecule has 168 valence electrons. The molecule has 2 aromatic carbocycles. The average Bonchev–Trinajstić information content (AvgIpc) is 2.79. The number of carbonyl (C=O) groups excluding carboxylic acids is 2. The summed E-state index contributed by atoms with van der Waals surface area (Å²) in [5.41, 5.74) is 1.27. The third-order valence-corrected chi connectivity index (χ3v) is 5.68. The van der Waals surface area contributed by atoms with Crippen molar-refractivity contribution in [1.82, 2.24) is 20.9 Å². The predicted octanol–water partition coefficient (Wildman–Crippen LogP) is 3.18. The molecule has 1 aliphatic rings. The Kier molecular flexibility index (Phi) is 9.46. The van der Waals surface area contributed by atoms with Gasteiger partial charge in [-0.05, 0) is 88.9 Å². The maximum absolute atomic E-state index is 12.9. The quantitative estimate of drug-likeness (QED) is 0.303. The number of amides is 2. The second kappa shape index (κ2) is 12.5. The van der Waals surface area contributed by atoms with Crippen LogP contribution in [0.5, 0.6) is 0 Å². The molecular formula is C25H36N4O2. The van der Waals surface area contributed by atoms with Crippen LogP contribution in [0.2, 0.25) is 0 Å². The van der Waals surface area contributed by atoms with Gasteiger partial charge in [0.15, 0.2) is 0 Å². The van der Waals surface area contributed by atoms with Gasteiger partial charge in [0, 0.05) is 23.1 Å². The van der Waals surface area contributed by atoms with Crippen molar-refractivity contribution in [3.8, 4) is 0 Å². The van der Waals surface area contributed by atoms with Gasteiger partial charge in [-0.15, -0.1) is 0 Å². The minimum atomic E-state index is -0.176. The van der Waals surface area contributed by atoms with Crippen LogP contribution in [0.25, 0.3) is 10.8 Å². The lowest BCUT2D eigenvalue weighted by Crippen LogP contribution is -2.41. The van der Waals surface area contributed by atoms with E-state index in [1.165, 1.54) is 17.7 Å². The fraction of sp³-hybridized carbons (Fsp3) is 0.520. The highest BCUT2D eigenvalue weighted by Crippen LogP contribution is 2.29. The summed E-state index contributed by atoms with van der Waals surface area (Å²) in [7, 11) is 0. The molecule has 0 aromatic heterocycles. The van der Waals surface area contributed by atoms with E-state index in [0.717, 1.165) is 69.3 Å². The molecule has 6 heteroatoms. The molecule has 1 heterocycles. The van der Waals surface area contributed by atoms with Gasteiger partial charge >= 0.3 is 0 Å². The van der Waals surface area contributed by atoms with Crippen molar-refractivity contribution in [2.75, 3.05) is 45.8 Å². The molecule has 2 aromatic rings. The Morgan fingerprint density at radius 1 is 0.677 bits per heavy atom. The Bertz CT molecular complexity index is 817.